The van der Waals surface area contributed by atoms with E-state index in [1.54, 1.807) is 0 Å². The van der Waals surface area contributed by atoms with Crippen LogP contribution in [0.25, 0.3) is 0 Å². The highest BCUT2D eigenvalue weighted by Crippen LogP contribution is 2.15. The van der Waals surface area contributed by atoms with Crippen molar-refractivity contribution in [2.75, 3.05) is 32.8 Å². The Morgan fingerprint density at radius 1 is 1.23 bits per heavy atom. The summed E-state index contributed by atoms with van der Waals surface area (Å²) in [4.78, 5) is 29.5. The summed E-state index contributed by atoms with van der Waals surface area (Å²) in [6, 6.07) is 0. The number of carbonyl (C=O) groups is 2. The van der Waals surface area contributed by atoms with Gasteiger partial charge in [-0.3, -0.25) is 19.5 Å². The van der Waals surface area contributed by atoms with Crippen LogP contribution in [0.5, 0.6) is 0 Å². The number of piperidine rings is 1. The lowest BCUT2D eigenvalue weighted by molar-refractivity contribution is -0.147. The van der Waals surface area contributed by atoms with Crippen LogP contribution in [0.4, 0.5) is 0 Å². The number of hydrogen-bond acceptors (Lipinski definition) is 4. The summed E-state index contributed by atoms with van der Waals surface area (Å²) >= 11 is 0. The highest BCUT2D eigenvalue weighted by molar-refractivity contribution is 14.0. The van der Waals surface area contributed by atoms with Gasteiger partial charge in [-0.1, -0.05) is 13.8 Å². The molecule has 3 N–H and O–H groups in total. The summed E-state index contributed by atoms with van der Waals surface area (Å²) in [5.41, 5.74) is 0. The molecule has 0 saturated carbocycles. The van der Waals surface area contributed by atoms with Gasteiger partial charge >= 0.3 is 0 Å². The molecule has 0 radical (unpaired) electrons. The number of nitrogens with one attached hydrogen (secondary N) is 2. The third-order valence-electron chi connectivity index (χ3n) is 4.21. The molecule has 1 fully saturated rings. The van der Waals surface area contributed by atoms with E-state index in [0.717, 1.165) is 19.4 Å². The Bertz CT molecular complexity index is 442. The van der Waals surface area contributed by atoms with Crippen molar-refractivity contribution in [2.45, 2.75) is 52.9 Å². The van der Waals surface area contributed by atoms with E-state index in [2.05, 4.69) is 29.5 Å². The molecule has 2 amide bonds. The Balaban J connectivity index is 0.00000625. The Morgan fingerprint density at radius 2 is 1.88 bits per heavy atom. The molecule has 7 nitrogen and oxygen atoms in total. The van der Waals surface area contributed by atoms with E-state index in [4.69, 9.17) is 0 Å². The number of imide groups is 1. The standard InChI is InChI=1S/C18H34N4O3.HI/c1-4-19-18(21-13-15(8-11-23)12-14(2)3)20-9-10-22-16(24)6-5-7-17(22)25;/h14-15,23H,4-13H2,1-3H3,(H2,19,20,21);1H. The second-order valence-electron chi connectivity index (χ2n) is 6.95. The van der Waals surface area contributed by atoms with Crippen molar-refractivity contribution in [1.82, 2.24) is 15.5 Å². The fourth-order valence-corrected chi connectivity index (χ4v) is 3.03. The maximum atomic E-state index is 11.8. The quantitative estimate of drug-likeness (QED) is 0.191. The number of nitrogens with zero attached hydrogens (tertiary/aromatic N) is 2. The predicted octanol–water partition coefficient (Wildman–Crippen LogP) is 1.74. The molecule has 0 aliphatic carbocycles. The molecule has 1 atom stereocenters. The van der Waals surface area contributed by atoms with E-state index in [1.807, 2.05) is 6.92 Å². The van der Waals surface area contributed by atoms with Gasteiger partial charge in [0.2, 0.25) is 11.8 Å². The molecule has 0 spiro atoms. The van der Waals surface area contributed by atoms with E-state index < -0.39 is 0 Å². The van der Waals surface area contributed by atoms with Gasteiger partial charge < -0.3 is 15.7 Å². The van der Waals surface area contributed by atoms with E-state index in [-0.39, 0.29) is 42.4 Å². The lowest BCUT2D eigenvalue weighted by Crippen LogP contribution is -2.46. The van der Waals surface area contributed by atoms with Gasteiger partial charge in [-0.15, -0.1) is 24.0 Å². The van der Waals surface area contributed by atoms with Crippen molar-refractivity contribution in [3.05, 3.63) is 0 Å². The Hall–Kier alpha value is -0.900. The first kappa shape index (κ1) is 25.1. The SMILES string of the molecule is CCNC(=NCC(CCO)CC(C)C)NCCN1C(=O)CCCC1=O.I. The van der Waals surface area contributed by atoms with Gasteiger partial charge in [-0.25, -0.2) is 0 Å². The average molecular weight is 482 g/mol. The molecule has 152 valence electrons. The first-order valence-corrected chi connectivity index (χ1v) is 9.44. The van der Waals surface area contributed by atoms with Crippen LogP contribution in [-0.4, -0.2) is 60.6 Å². The first-order chi connectivity index (χ1) is 12.0. The number of amides is 2. The smallest absolute Gasteiger partial charge is 0.229 e. The molecule has 1 unspecified atom stereocenters. The fraction of sp³-hybridized carbons (Fsp3) is 0.833. The monoisotopic (exact) mass is 482 g/mol. The number of likely N-dealkylation sites (tertiary alicyclic amines) is 1. The van der Waals surface area contributed by atoms with E-state index in [1.165, 1.54) is 4.90 Å². The Morgan fingerprint density at radius 3 is 2.42 bits per heavy atom. The topological polar surface area (TPSA) is 94.0 Å². The third-order valence-corrected chi connectivity index (χ3v) is 4.21. The minimum absolute atomic E-state index is 0. The van der Waals surface area contributed by atoms with Gasteiger partial charge in [0.1, 0.15) is 0 Å². The fourth-order valence-electron chi connectivity index (χ4n) is 3.03. The van der Waals surface area contributed by atoms with E-state index in [0.29, 0.717) is 56.7 Å². The van der Waals surface area contributed by atoms with Crippen molar-refractivity contribution in [3.8, 4) is 0 Å². The van der Waals surface area contributed by atoms with Gasteiger partial charge in [0, 0.05) is 45.6 Å². The van der Waals surface area contributed by atoms with E-state index >= 15 is 0 Å². The average Bonchev–Trinajstić information content (AvgIpc) is 2.54. The molecule has 1 aliphatic heterocycles. The van der Waals surface area contributed by atoms with Crippen molar-refractivity contribution in [3.63, 3.8) is 0 Å². The van der Waals surface area contributed by atoms with Gasteiger partial charge in [-0.05, 0) is 38.0 Å². The molecule has 0 aromatic carbocycles. The number of aliphatic hydroxyl groups excluding tert-OH is 1. The minimum Gasteiger partial charge on any atom is -0.396 e. The van der Waals surface area contributed by atoms with Gasteiger partial charge in [0.05, 0.1) is 0 Å². The van der Waals surface area contributed by atoms with Crippen molar-refractivity contribution in [2.24, 2.45) is 16.8 Å². The molecule has 0 aromatic heterocycles. The second-order valence-corrected chi connectivity index (χ2v) is 6.95. The highest BCUT2D eigenvalue weighted by atomic mass is 127. The molecule has 1 rings (SSSR count). The molecular formula is C18H35IN4O3. The van der Waals surface area contributed by atoms with Crippen LogP contribution < -0.4 is 10.6 Å². The second kappa shape index (κ2) is 14.2. The summed E-state index contributed by atoms with van der Waals surface area (Å²) in [6.45, 7) is 8.75. The van der Waals surface area contributed by atoms with E-state index in [9.17, 15) is 14.7 Å². The lowest BCUT2D eigenvalue weighted by atomic mass is 9.94. The van der Waals surface area contributed by atoms with Crippen LogP contribution in [0.3, 0.4) is 0 Å². The number of aliphatic imine (C=N–C) groups is 1. The summed E-state index contributed by atoms with van der Waals surface area (Å²) in [6.07, 6.45) is 3.35. The molecule has 0 bridgehead atoms. The molecule has 0 aromatic rings. The zero-order chi connectivity index (χ0) is 18.7. The van der Waals surface area contributed by atoms with Crippen LogP contribution in [-0.2, 0) is 9.59 Å². The molecular weight excluding hydrogens is 447 g/mol. The van der Waals surface area contributed by atoms with Crippen molar-refractivity contribution >= 4 is 41.8 Å². The molecule has 8 heteroatoms. The Labute approximate surface area is 174 Å². The summed E-state index contributed by atoms with van der Waals surface area (Å²) < 4.78 is 0. The molecule has 26 heavy (non-hydrogen) atoms. The van der Waals surface area contributed by atoms with Crippen LogP contribution >= 0.6 is 24.0 Å². The number of hydrogen-bond donors (Lipinski definition) is 3. The number of guanidine groups is 1. The number of aliphatic hydroxyl groups is 1. The van der Waals surface area contributed by atoms with Gasteiger partial charge in [0.15, 0.2) is 5.96 Å². The minimum atomic E-state index is -0.0834. The zero-order valence-electron chi connectivity index (χ0n) is 16.3. The molecule has 1 saturated heterocycles. The lowest BCUT2D eigenvalue weighted by Gasteiger charge is -2.25. The number of halogens is 1. The van der Waals surface area contributed by atoms with Gasteiger partial charge in [-0.2, -0.15) is 0 Å². The first-order valence-electron chi connectivity index (χ1n) is 9.44. The maximum Gasteiger partial charge on any atom is 0.229 e. The van der Waals surface area contributed by atoms with Crippen LogP contribution in [0.2, 0.25) is 0 Å². The molecule has 1 aliphatic rings. The van der Waals surface area contributed by atoms with Crippen LogP contribution in [0.1, 0.15) is 52.9 Å². The highest BCUT2D eigenvalue weighted by Gasteiger charge is 2.25. The maximum absolute atomic E-state index is 11.8. The summed E-state index contributed by atoms with van der Waals surface area (Å²) in [5.74, 6) is 1.44. The summed E-state index contributed by atoms with van der Waals surface area (Å²) in [5, 5.41) is 15.6. The van der Waals surface area contributed by atoms with Crippen molar-refractivity contribution in [1.29, 1.82) is 0 Å². The molecule has 1 heterocycles. The Kier molecular flexibility index (Phi) is 13.7. The zero-order valence-corrected chi connectivity index (χ0v) is 18.6. The van der Waals surface area contributed by atoms with Gasteiger partial charge in [0.25, 0.3) is 0 Å². The predicted molar refractivity (Wildman–Crippen MR) is 115 cm³/mol. The largest absolute Gasteiger partial charge is 0.396 e. The van der Waals surface area contributed by atoms with Crippen LogP contribution in [0, 0.1) is 11.8 Å². The third kappa shape index (κ3) is 9.70. The summed E-state index contributed by atoms with van der Waals surface area (Å²) in [7, 11) is 0. The van der Waals surface area contributed by atoms with Crippen molar-refractivity contribution < 1.29 is 14.7 Å². The normalized spacial score (nSPS) is 16.5. The number of rotatable bonds is 10. The van der Waals surface area contributed by atoms with Crippen LogP contribution in [0.15, 0.2) is 4.99 Å². The number of carbonyl (C=O) groups excluding carboxylic acids is 2.